The number of anilines is 3. The van der Waals surface area contributed by atoms with Crippen molar-refractivity contribution in [1.29, 1.82) is 0 Å². The predicted molar refractivity (Wildman–Crippen MR) is 327 cm³/mol. The van der Waals surface area contributed by atoms with E-state index in [1.54, 1.807) is 0 Å². The van der Waals surface area contributed by atoms with E-state index in [1.165, 1.54) is 122 Å². The summed E-state index contributed by atoms with van der Waals surface area (Å²) in [6.07, 6.45) is 0. The fraction of sp³-hybridized carbons (Fsp3) is 0.0909. The van der Waals surface area contributed by atoms with Gasteiger partial charge in [0, 0.05) is 27.9 Å². The Kier molecular flexibility index (Phi) is 10.2. The Labute approximate surface area is 458 Å². The average molecular weight is 996 g/mol. The molecule has 0 amide bonds. The van der Waals surface area contributed by atoms with Crippen LogP contribution in [-0.4, -0.2) is 0 Å². The van der Waals surface area contributed by atoms with Gasteiger partial charge in [-0.3, -0.25) is 0 Å². The Balaban J connectivity index is 0.968. The normalized spacial score (nSPS) is 14.5. The van der Waals surface area contributed by atoms with Gasteiger partial charge in [0.05, 0.1) is 5.41 Å². The third-order valence-electron chi connectivity index (χ3n) is 17.9. The van der Waals surface area contributed by atoms with Crippen LogP contribution in [0.5, 0.6) is 0 Å². The standard InChI is InChI=1S/C77H57N/c1-75(2)66-33-19-16-28-59(66)61-46-44-57(48-69(61)75)78(58-45-47-62-60-29-17-21-35-68(60)77(70(62)49-58,54-24-10-6-11-25-54)55-26-12-7-13-27-55)56-42-40-53(41-43-56)72-71(52-38-36-51(37-39-52)50-22-8-5-9-23-50)63-30-14-15-31-64(63)74-73(72)65-32-18-20-34-67(65)76(74,3)4/h5-49H,1-4H3. The molecule has 0 atom stereocenters. The second kappa shape index (κ2) is 17.4. The second-order valence-electron chi connectivity index (χ2n) is 22.7. The SMILES string of the molecule is CC1(C)c2ccccc2-c2ccc(N(c3ccc(-c4c5c(c6ccccc6c4-c4ccc(-c6ccccc6)cc4)C(C)(C)c4ccccc4-5)cc3)c3ccc4c(c3)C(c3ccccc3)(c3ccccc3)c3ccccc3-4)cc21. The van der Waals surface area contributed by atoms with Gasteiger partial charge in [0.25, 0.3) is 0 Å². The summed E-state index contributed by atoms with van der Waals surface area (Å²) >= 11 is 0. The van der Waals surface area contributed by atoms with E-state index in [1.807, 2.05) is 0 Å². The highest BCUT2D eigenvalue weighted by Gasteiger charge is 2.47. The molecule has 1 heteroatoms. The van der Waals surface area contributed by atoms with Crippen molar-refractivity contribution in [3.63, 3.8) is 0 Å². The third-order valence-corrected chi connectivity index (χ3v) is 17.9. The van der Waals surface area contributed by atoms with Gasteiger partial charge in [-0.1, -0.05) is 264 Å². The van der Waals surface area contributed by atoms with Gasteiger partial charge < -0.3 is 4.90 Å². The van der Waals surface area contributed by atoms with E-state index in [0.29, 0.717) is 0 Å². The van der Waals surface area contributed by atoms with Gasteiger partial charge in [0.15, 0.2) is 0 Å². The molecule has 78 heavy (non-hydrogen) atoms. The van der Waals surface area contributed by atoms with Crippen LogP contribution < -0.4 is 4.90 Å². The quantitative estimate of drug-likeness (QED) is 0.147. The molecule has 12 aromatic rings. The van der Waals surface area contributed by atoms with Crippen LogP contribution in [0.4, 0.5) is 17.1 Å². The summed E-state index contributed by atoms with van der Waals surface area (Å²) in [7, 11) is 0. The van der Waals surface area contributed by atoms with Crippen LogP contribution in [0.2, 0.25) is 0 Å². The van der Waals surface area contributed by atoms with E-state index < -0.39 is 5.41 Å². The van der Waals surface area contributed by atoms with Crippen LogP contribution >= 0.6 is 0 Å². The lowest BCUT2D eigenvalue weighted by atomic mass is 9.67. The smallest absolute Gasteiger partial charge is 0.0714 e. The molecule has 0 saturated carbocycles. The van der Waals surface area contributed by atoms with Crippen LogP contribution in [0.3, 0.4) is 0 Å². The monoisotopic (exact) mass is 995 g/mol. The van der Waals surface area contributed by atoms with Crippen LogP contribution in [0.15, 0.2) is 273 Å². The van der Waals surface area contributed by atoms with Crippen LogP contribution in [0.1, 0.15) is 72.2 Å². The minimum absolute atomic E-state index is 0.178. The van der Waals surface area contributed by atoms with Crippen LogP contribution in [0.25, 0.3) is 77.5 Å². The van der Waals surface area contributed by atoms with Crippen molar-refractivity contribution < 1.29 is 0 Å². The highest BCUT2D eigenvalue weighted by Crippen LogP contribution is 2.60. The minimum Gasteiger partial charge on any atom is -0.310 e. The summed E-state index contributed by atoms with van der Waals surface area (Å²) < 4.78 is 0. The topological polar surface area (TPSA) is 3.24 Å². The predicted octanol–water partition coefficient (Wildman–Crippen LogP) is 20.3. The number of hydrogen-bond donors (Lipinski definition) is 0. The number of fused-ring (bicyclic) bond motifs is 11. The third kappa shape index (κ3) is 6.61. The molecule has 0 saturated heterocycles. The zero-order valence-corrected chi connectivity index (χ0v) is 44.4. The molecule has 3 aliphatic carbocycles. The second-order valence-corrected chi connectivity index (χ2v) is 22.7. The van der Waals surface area contributed by atoms with Crippen LogP contribution in [-0.2, 0) is 16.2 Å². The molecule has 370 valence electrons. The van der Waals surface area contributed by atoms with Gasteiger partial charge in [-0.2, -0.15) is 0 Å². The molecule has 0 spiro atoms. The maximum absolute atomic E-state index is 2.51. The van der Waals surface area contributed by atoms with Gasteiger partial charge in [-0.15, -0.1) is 0 Å². The molecule has 0 radical (unpaired) electrons. The molecule has 0 heterocycles. The highest BCUT2D eigenvalue weighted by atomic mass is 15.1. The molecule has 0 aliphatic heterocycles. The first-order valence-electron chi connectivity index (χ1n) is 27.6. The lowest BCUT2D eigenvalue weighted by molar-refractivity contribution is 0.660. The van der Waals surface area contributed by atoms with Crippen molar-refractivity contribution >= 4 is 27.8 Å². The molecule has 0 aromatic heterocycles. The van der Waals surface area contributed by atoms with E-state index in [9.17, 15) is 0 Å². The van der Waals surface area contributed by atoms with Crippen molar-refractivity contribution in [3.05, 3.63) is 317 Å². The highest BCUT2D eigenvalue weighted by molar-refractivity contribution is 6.15. The summed E-state index contributed by atoms with van der Waals surface area (Å²) in [5.74, 6) is 0. The van der Waals surface area contributed by atoms with E-state index in [-0.39, 0.29) is 10.8 Å². The van der Waals surface area contributed by atoms with E-state index in [0.717, 1.165) is 17.1 Å². The summed E-state index contributed by atoms with van der Waals surface area (Å²) in [4.78, 5) is 2.51. The van der Waals surface area contributed by atoms with Gasteiger partial charge >= 0.3 is 0 Å². The Morgan fingerprint density at radius 1 is 0.256 bits per heavy atom. The molecule has 0 unspecified atom stereocenters. The van der Waals surface area contributed by atoms with E-state index in [4.69, 9.17) is 0 Å². The molecule has 12 aromatic carbocycles. The van der Waals surface area contributed by atoms with Crippen LogP contribution in [0, 0.1) is 0 Å². The molecular weight excluding hydrogens is 939 g/mol. The van der Waals surface area contributed by atoms with Crippen molar-refractivity contribution in [1.82, 2.24) is 0 Å². The van der Waals surface area contributed by atoms with Crippen molar-refractivity contribution in [2.45, 2.75) is 43.9 Å². The zero-order chi connectivity index (χ0) is 52.3. The maximum atomic E-state index is 2.51. The molecule has 0 N–H and O–H groups in total. The summed E-state index contributed by atoms with van der Waals surface area (Å²) in [6, 6.07) is 103. The summed E-state index contributed by atoms with van der Waals surface area (Å²) in [6.45, 7) is 9.60. The average Bonchev–Trinajstić information content (AvgIpc) is 4.19. The van der Waals surface area contributed by atoms with Crippen molar-refractivity contribution in [2.24, 2.45) is 0 Å². The largest absolute Gasteiger partial charge is 0.310 e. The Hall–Kier alpha value is -9.30. The zero-order valence-electron chi connectivity index (χ0n) is 44.4. The fourth-order valence-electron chi connectivity index (χ4n) is 14.4. The first-order chi connectivity index (χ1) is 38.2. The van der Waals surface area contributed by atoms with Gasteiger partial charge in [0.1, 0.15) is 0 Å². The fourth-order valence-corrected chi connectivity index (χ4v) is 14.4. The maximum Gasteiger partial charge on any atom is 0.0714 e. The van der Waals surface area contributed by atoms with Crippen molar-refractivity contribution in [3.8, 4) is 66.8 Å². The Bertz CT molecular complexity index is 4300. The number of nitrogens with zero attached hydrogens (tertiary/aromatic N) is 1. The molecule has 3 aliphatic rings. The summed E-state index contributed by atoms with van der Waals surface area (Å²) in [5, 5.41) is 2.58. The number of rotatable bonds is 8. The molecule has 0 bridgehead atoms. The minimum atomic E-state index is -0.544. The number of benzene rings is 12. The first kappa shape index (κ1) is 46.0. The Morgan fingerprint density at radius 3 is 1.29 bits per heavy atom. The van der Waals surface area contributed by atoms with Gasteiger partial charge in [-0.25, -0.2) is 0 Å². The van der Waals surface area contributed by atoms with Gasteiger partial charge in [-0.05, 0) is 158 Å². The van der Waals surface area contributed by atoms with Crippen molar-refractivity contribution in [2.75, 3.05) is 4.90 Å². The number of hydrogen-bond acceptors (Lipinski definition) is 1. The Morgan fingerprint density at radius 2 is 0.667 bits per heavy atom. The van der Waals surface area contributed by atoms with Gasteiger partial charge in [0.2, 0.25) is 0 Å². The van der Waals surface area contributed by atoms with E-state index >= 15 is 0 Å². The lowest BCUT2D eigenvalue weighted by Crippen LogP contribution is -2.28. The summed E-state index contributed by atoms with van der Waals surface area (Å²) in [5.41, 5.74) is 28.2. The lowest BCUT2D eigenvalue weighted by Gasteiger charge is -2.35. The molecule has 15 rings (SSSR count). The molecule has 0 fully saturated rings. The molecule has 1 nitrogen and oxygen atoms in total. The van der Waals surface area contributed by atoms with E-state index in [2.05, 4.69) is 306 Å². The molecular formula is C77H57N. The first-order valence-corrected chi connectivity index (χ1v) is 27.6.